The molecule has 0 aliphatic rings. The quantitative estimate of drug-likeness (QED) is 0.408. The van der Waals surface area contributed by atoms with E-state index in [2.05, 4.69) is 10.6 Å². The lowest BCUT2D eigenvalue weighted by atomic mass is 10.1. The van der Waals surface area contributed by atoms with Crippen LogP contribution in [0, 0.1) is 10.8 Å². The molecular weight excluding hydrogens is 247 g/mol. The number of alkyl halides is 3. The Morgan fingerprint density at radius 2 is 1.72 bits per heavy atom. The molecule has 1 aromatic rings. The van der Waals surface area contributed by atoms with E-state index in [1.165, 1.54) is 12.1 Å². The maximum atomic E-state index is 12.3. The van der Waals surface area contributed by atoms with E-state index < -0.39 is 11.7 Å². The summed E-state index contributed by atoms with van der Waals surface area (Å²) in [4.78, 5) is 0. The normalized spacial score (nSPS) is 10.8. The second-order valence-corrected chi connectivity index (χ2v) is 3.46. The van der Waals surface area contributed by atoms with Gasteiger partial charge in [-0.1, -0.05) is 12.1 Å². The van der Waals surface area contributed by atoms with Crippen LogP contribution in [0.15, 0.2) is 24.3 Å². The van der Waals surface area contributed by atoms with E-state index in [1.54, 1.807) is 0 Å². The van der Waals surface area contributed by atoms with Crippen molar-refractivity contribution in [2.45, 2.75) is 12.7 Å². The third-order valence-corrected chi connectivity index (χ3v) is 2.01. The first kappa shape index (κ1) is 13.8. The highest BCUT2D eigenvalue weighted by atomic mass is 19.4. The van der Waals surface area contributed by atoms with Crippen LogP contribution in [0.3, 0.4) is 0 Å². The summed E-state index contributed by atoms with van der Waals surface area (Å²) in [6.07, 6.45) is -4.35. The molecule has 0 atom stereocenters. The predicted molar refractivity (Wildman–Crippen MR) is 61.1 cm³/mol. The van der Waals surface area contributed by atoms with Crippen molar-refractivity contribution >= 4 is 11.9 Å². The van der Waals surface area contributed by atoms with Crippen LogP contribution in [0.2, 0.25) is 0 Å². The second kappa shape index (κ2) is 5.39. The SMILES string of the molecule is N=C(N)NC(=N)NCc1ccc(C(F)(F)F)cc1. The van der Waals surface area contributed by atoms with Crippen molar-refractivity contribution in [3.63, 3.8) is 0 Å². The summed E-state index contributed by atoms with van der Waals surface area (Å²) >= 11 is 0. The number of rotatable bonds is 2. The minimum absolute atomic E-state index is 0.164. The fraction of sp³-hybridized carbons (Fsp3) is 0.200. The van der Waals surface area contributed by atoms with Gasteiger partial charge < -0.3 is 11.1 Å². The first-order chi connectivity index (χ1) is 8.29. The number of nitrogens with two attached hydrogens (primary N) is 1. The summed E-state index contributed by atoms with van der Waals surface area (Å²) in [6, 6.07) is 4.58. The highest BCUT2D eigenvalue weighted by Crippen LogP contribution is 2.28. The Kier molecular flexibility index (Phi) is 4.13. The summed E-state index contributed by atoms with van der Waals surface area (Å²) in [5, 5.41) is 18.9. The average Bonchev–Trinajstić information content (AvgIpc) is 2.25. The van der Waals surface area contributed by atoms with Gasteiger partial charge in [-0.2, -0.15) is 13.2 Å². The number of halogens is 3. The van der Waals surface area contributed by atoms with Crippen molar-refractivity contribution in [1.82, 2.24) is 10.6 Å². The van der Waals surface area contributed by atoms with Crippen LogP contribution in [0.4, 0.5) is 13.2 Å². The molecule has 0 radical (unpaired) electrons. The molecule has 6 N–H and O–H groups in total. The van der Waals surface area contributed by atoms with Gasteiger partial charge in [-0.05, 0) is 17.7 Å². The Bertz CT molecular complexity index is 438. The van der Waals surface area contributed by atoms with Gasteiger partial charge >= 0.3 is 6.18 Å². The van der Waals surface area contributed by atoms with Gasteiger partial charge in [-0.3, -0.25) is 16.1 Å². The van der Waals surface area contributed by atoms with E-state index >= 15 is 0 Å². The molecule has 0 unspecified atom stereocenters. The smallest absolute Gasteiger partial charge is 0.370 e. The first-order valence-corrected chi connectivity index (χ1v) is 4.88. The van der Waals surface area contributed by atoms with Gasteiger partial charge in [-0.15, -0.1) is 0 Å². The zero-order chi connectivity index (χ0) is 13.8. The summed E-state index contributed by atoms with van der Waals surface area (Å²) in [5.41, 5.74) is 4.86. The summed E-state index contributed by atoms with van der Waals surface area (Å²) in [7, 11) is 0. The number of guanidine groups is 2. The fourth-order valence-corrected chi connectivity index (χ4v) is 1.18. The van der Waals surface area contributed by atoms with E-state index in [4.69, 9.17) is 16.6 Å². The van der Waals surface area contributed by atoms with E-state index in [1.807, 2.05) is 0 Å². The second-order valence-electron chi connectivity index (χ2n) is 3.46. The van der Waals surface area contributed by atoms with Gasteiger partial charge in [-0.25, -0.2) is 0 Å². The molecular formula is C10H12F3N5. The monoisotopic (exact) mass is 259 g/mol. The number of benzene rings is 1. The molecule has 5 nitrogen and oxygen atoms in total. The number of hydrogen-bond donors (Lipinski definition) is 5. The van der Waals surface area contributed by atoms with Crippen molar-refractivity contribution in [2.75, 3.05) is 0 Å². The minimum Gasteiger partial charge on any atom is -0.370 e. The molecule has 0 aliphatic heterocycles. The zero-order valence-corrected chi connectivity index (χ0v) is 9.23. The molecule has 0 spiro atoms. The standard InChI is InChI=1S/C10H12F3N5/c11-10(12,13)7-3-1-6(2-4-7)5-17-9(16)18-8(14)15/h1-4H,5H2,(H6,14,15,16,17,18). The molecule has 1 rings (SSSR count). The molecule has 8 heteroatoms. The number of nitrogens with one attached hydrogen (secondary N) is 4. The van der Waals surface area contributed by atoms with Crippen LogP contribution in [0.25, 0.3) is 0 Å². The summed E-state index contributed by atoms with van der Waals surface area (Å²) in [5.74, 6) is -0.581. The zero-order valence-electron chi connectivity index (χ0n) is 9.23. The van der Waals surface area contributed by atoms with Crippen LogP contribution in [-0.4, -0.2) is 11.9 Å². The molecule has 0 fully saturated rings. The Labute approximate surface area is 101 Å². The van der Waals surface area contributed by atoms with Crippen molar-refractivity contribution in [1.29, 1.82) is 10.8 Å². The Morgan fingerprint density at radius 3 is 2.17 bits per heavy atom. The lowest BCUT2D eigenvalue weighted by Crippen LogP contribution is -2.42. The molecule has 98 valence electrons. The Balaban J connectivity index is 2.54. The molecule has 0 saturated heterocycles. The van der Waals surface area contributed by atoms with Gasteiger partial charge in [0.15, 0.2) is 11.9 Å². The Hall–Kier alpha value is -2.25. The minimum atomic E-state index is -4.35. The molecule has 18 heavy (non-hydrogen) atoms. The third-order valence-electron chi connectivity index (χ3n) is 2.01. The topological polar surface area (TPSA) is 97.8 Å². The van der Waals surface area contributed by atoms with Crippen LogP contribution in [0.5, 0.6) is 0 Å². The highest BCUT2D eigenvalue weighted by Gasteiger charge is 2.29. The molecule has 0 saturated carbocycles. The fourth-order valence-electron chi connectivity index (χ4n) is 1.18. The van der Waals surface area contributed by atoms with Gasteiger partial charge in [0.05, 0.1) is 5.56 Å². The van der Waals surface area contributed by atoms with Crippen LogP contribution < -0.4 is 16.4 Å². The largest absolute Gasteiger partial charge is 0.416 e. The van der Waals surface area contributed by atoms with Crippen molar-refractivity contribution < 1.29 is 13.2 Å². The maximum absolute atomic E-state index is 12.3. The molecule has 0 aromatic heterocycles. The van der Waals surface area contributed by atoms with E-state index in [9.17, 15) is 13.2 Å². The Morgan fingerprint density at radius 1 is 1.17 bits per heavy atom. The molecule has 0 heterocycles. The molecule has 0 bridgehead atoms. The van der Waals surface area contributed by atoms with Crippen molar-refractivity contribution in [3.8, 4) is 0 Å². The van der Waals surface area contributed by atoms with Gasteiger partial charge in [0.2, 0.25) is 0 Å². The van der Waals surface area contributed by atoms with Gasteiger partial charge in [0.1, 0.15) is 0 Å². The van der Waals surface area contributed by atoms with Crippen LogP contribution in [-0.2, 0) is 12.7 Å². The molecule has 0 amide bonds. The van der Waals surface area contributed by atoms with E-state index in [0.29, 0.717) is 5.56 Å². The first-order valence-electron chi connectivity index (χ1n) is 4.88. The average molecular weight is 259 g/mol. The number of hydrogen-bond acceptors (Lipinski definition) is 2. The van der Waals surface area contributed by atoms with E-state index in [-0.39, 0.29) is 18.5 Å². The molecule has 1 aromatic carbocycles. The van der Waals surface area contributed by atoms with Crippen LogP contribution in [0.1, 0.15) is 11.1 Å². The molecule has 0 aliphatic carbocycles. The van der Waals surface area contributed by atoms with Crippen LogP contribution >= 0.6 is 0 Å². The van der Waals surface area contributed by atoms with E-state index in [0.717, 1.165) is 12.1 Å². The predicted octanol–water partition coefficient (Wildman–Crippen LogP) is 1.21. The van der Waals surface area contributed by atoms with Crippen molar-refractivity contribution in [3.05, 3.63) is 35.4 Å². The lowest BCUT2D eigenvalue weighted by Gasteiger charge is -2.10. The lowest BCUT2D eigenvalue weighted by molar-refractivity contribution is -0.137. The third kappa shape index (κ3) is 4.32. The summed E-state index contributed by atoms with van der Waals surface area (Å²) < 4.78 is 36.8. The van der Waals surface area contributed by atoms with Crippen molar-refractivity contribution in [2.24, 2.45) is 5.73 Å². The van der Waals surface area contributed by atoms with Gasteiger partial charge in [0, 0.05) is 6.54 Å². The highest BCUT2D eigenvalue weighted by molar-refractivity contribution is 5.94. The maximum Gasteiger partial charge on any atom is 0.416 e. The summed E-state index contributed by atoms with van der Waals surface area (Å²) in [6.45, 7) is 0.164. The van der Waals surface area contributed by atoms with Gasteiger partial charge in [0.25, 0.3) is 0 Å².